The van der Waals surface area contributed by atoms with Gasteiger partial charge in [-0.05, 0) is 36.5 Å². The fourth-order valence-corrected chi connectivity index (χ4v) is 2.89. The van der Waals surface area contributed by atoms with Gasteiger partial charge < -0.3 is 4.90 Å². The van der Waals surface area contributed by atoms with Crippen molar-refractivity contribution in [2.75, 3.05) is 26.2 Å². The van der Waals surface area contributed by atoms with Crippen LogP contribution in [0.5, 0.6) is 0 Å². The second kappa shape index (κ2) is 8.69. The van der Waals surface area contributed by atoms with Crippen LogP contribution in [0, 0.1) is 17.2 Å². The summed E-state index contributed by atoms with van der Waals surface area (Å²) in [5, 5.41) is 8.85. The second-order valence-corrected chi connectivity index (χ2v) is 6.75. The molecule has 1 aliphatic heterocycles. The summed E-state index contributed by atoms with van der Waals surface area (Å²) in [6.45, 7) is 8.86. The van der Waals surface area contributed by atoms with Gasteiger partial charge in [-0.2, -0.15) is 5.26 Å². The van der Waals surface area contributed by atoms with Crippen molar-refractivity contribution >= 4 is 5.91 Å². The molecule has 0 unspecified atom stereocenters. The lowest BCUT2D eigenvalue weighted by Gasteiger charge is -2.22. The first-order chi connectivity index (χ1) is 11.1. The van der Waals surface area contributed by atoms with Crippen molar-refractivity contribution in [3.8, 4) is 6.07 Å². The average Bonchev–Trinajstić information content (AvgIpc) is 2.79. The van der Waals surface area contributed by atoms with Gasteiger partial charge in [-0.25, -0.2) is 0 Å². The minimum atomic E-state index is 0.305. The first kappa shape index (κ1) is 17.5. The van der Waals surface area contributed by atoms with Gasteiger partial charge in [0.1, 0.15) is 0 Å². The fourth-order valence-electron chi connectivity index (χ4n) is 2.89. The molecular weight excluding hydrogens is 286 g/mol. The Labute approximate surface area is 139 Å². The van der Waals surface area contributed by atoms with E-state index < -0.39 is 0 Å². The van der Waals surface area contributed by atoms with Crippen LogP contribution in [-0.2, 0) is 11.3 Å². The van der Waals surface area contributed by atoms with E-state index in [0.717, 1.165) is 45.6 Å². The molecule has 0 saturated carbocycles. The normalized spacial score (nSPS) is 16.2. The Morgan fingerprint density at radius 3 is 2.57 bits per heavy atom. The highest BCUT2D eigenvalue weighted by molar-refractivity contribution is 5.76. The zero-order chi connectivity index (χ0) is 16.7. The van der Waals surface area contributed by atoms with Crippen molar-refractivity contribution in [2.24, 2.45) is 5.92 Å². The molecule has 1 fully saturated rings. The zero-order valence-corrected chi connectivity index (χ0v) is 14.3. The van der Waals surface area contributed by atoms with Gasteiger partial charge in [-0.3, -0.25) is 9.69 Å². The number of carbonyl (C=O) groups is 1. The number of carbonyl (C=O) groups excluding carboxylic acids is 1. The summed E-state index contributed by atoms with van der Waals surface area (Å²) in [6.07, 6.45) is 2.68. The Morgan fingerprint density at radius 2 is 1.91 bits per heavy atom. The summed E-state index contributed by atoms with van der Waals surface area (Å²) in [7, 11) is 0. The van der Waals surface area contributed by atoms with Gasteiger partial charge in [0, 0.05) is 39.1 Å². The number of benzene rings is 1. The third-order valence-corrected chi connectivity index (χ3v) is 4.37. The molecule has 1 heterocycles. The minimum Gasteiger partial charge on any atom is -0.341 e. The van der Waals surface area contributed by atoms with Crippen LogP contribution in [0.2, 0.25) is 0 Å². The molecule has 2 rings (SSSR count). The van der Waals surface area contributed by atoms with Crippen LogP contribution in [0.25, 0.3) is 0 Å². The number of amides is 1. The summed E-state index contributed by atoms with van der Waals surface area (Å²) in [4.78, 5) is 16.7. The predicted octanol–water partition coefficient (Wildman–Crippen LogP) is 3.03. The molecule has 0 radical (unpaired) electrons. The number of hydrogen-bond acceptors (Lipinski definition) is 3. The van der Waals surface area contributed by atoms with Gasteiger partial charge in [0.15, 0.2) is 0 Å². The number of nitriles is 1. The van der Waals surface area contributed by atoms with Crippen molar-refractivity contribution in [1.29, 1.82) is 5.26 Å². The SMILES string of the molecule is CC(C)CCC(=O)N1CCCN(Cc2ccc(C#N)cc2)CC1. The third kappa shape index (κ3) is 5.69. The molecule has 4 heteroatoms. The molecule has 1 aromatic carbocycles. The molecule has 1 saturated heterocycles. The van der Waals surface area contributed by atoms with Gasteiger partial charge in [0.25, 0.3) is 0 Å². The zero-order valence-electron chi connectivity index (χ0n) is 14.3. The lowest BCUT2D eigenvalue weighted by Crippen LogP contribution is -2.35. The van der Waals surface area contributed by atoms with Crippen LogP contribution in [0.15, 0.2) is 24.3 Å². The van der Waals surface area contributed by atoms with E-state index >= 15 is 0 Å². The van der Waals surface area contributed by atoms with Crippen LogP contribution < -0.4 is 0 Å². The maximum Gasteiger partial charge on any atom is 0.222 e. The maximum atomic E-state index is 12.3. The van der Waals surface area contributed by atoms with Crippen molar-refractivity contribution in [1.82, 2.24) is 9.80 Å². The van der Waals surface area contributed by atoms with Gasteiger partial charge in [-0.1, -0.05) is 26.0 Å². The van der Waals surface area contributed by atoms with Crippen LogP contribution >= 0.6 is 0 Å². The van der Waals surface area contributed by atoms with E-state index in [1.165, 1.54) is 5.56 Å². The van der Waals surface area contributed by atoms with E-state index in [-0.39, 0.29) is 0 Å². The molecule has 1 amide bonds. The Bertz CT molecular complexity index is 545. The molecule has 1 aromatic rings. The standard InChI is InChI=1S/C19H27N3O/c1-16(2)4-9-19(23)22-11-3-10-21(12-13-22)15-18-7-5-17(14-20)6-8-18/h5-8,16H,3-4,9-13,15H2,1-2H3. The molecule has 0 aliphatic carbocycles. The molecule has 23 heavy (non-hydrogen) atoms. The summed E-state index contributed by atoms with van der Waals surface area (Å²) >= 11 is 0. The third-order valence-electron chi connectivity index (χ3n) is 4.37. The quantitative estimate of drug-likeness (QED) is 0.839. The van der Waals surface area contributed by atoms with E-state index in [4.69, 9.17) is 5.26 Å². The first-order valence-corrected chi connectivity index (χ1v) is 8.57. The van der Waals surface area contributed by atoms with E-state index in [0.29, 0.717) is 23.8 Å². The number of nitrogens with zero attached hydrogens (tertiary/aromatic N) is 3. The Hall–Kier alpha value is -1.86. The summed E-state index contributed by atoms with van der Waals surface area (Å²) in [6, 6.07) is 9.93. The predicted molar refractivity (Wildman–Crippen MR) is 91.7 cm³/mol. The van der Waals surface area contributed by atoms with Crippen molar-refractivity contribution in [2.45, 2.75) is 39.7 Å². The number of hydrogen-bond donors (Lipinski definition) is 0. The van der Waals surface area contributed by atoms with E-state index in [9.17, 15) is 4.79 Å². The molecule has 0 N–H and O–H groups in total. The largest absolute Gasteiger partial charge is 0.341 e. The van der Waals surface area contributed by atoms with E-state index in [2.05, 4.69) is 24.8 Å². The monoisotopic (exact) mass is 313 g/mol. The van der Waals surface area contributed by atoms with Gasteiger partial charge >= 0.3 is 0 Å². The molecule has 124 valence electrons. The van der Waals surface area contributed by atoms with Gasteiger partial charge in [-0.15, -0.1) is 0 Å². The lowest BCUT2D eigenvalue weighted by atomic mass is 10.1. The average molecular weight is 313 g/mol. The van der Waals surface area contributed by atoms with E-state index in [1.807, 2.05) is 29.2 Å². The highest BCUT2D eigenvalue weighted by Crippen LogP contribution is 2.12. The minimum absolute atomic E-state index is 0.305. The highest BCUT2D eigenvalue weighted by atomic mass is 16.2. The maximum absolute atomic E-state index is 12.3. The van der Waals surface area contributed by atoms with Gasteiger partial charge in [0.05, 0.1) is 11.6 Å². The fraction of sp³-hybridized carbons (Fsp3) is 0.579. The molecule has 0 atom stereocenters. The Morgan fingerprint density at radius 1 is 1.17 bits per heavy atom. The molecule has 0 aromatic heterocycles. The summed E-state index contributed by atoms with van der Waals surface area (Å²) in [5.41, 5.74) is 1.93. The lowest BCUT2D eigenvalue weighted by molar-refractivity contribution is -0.131. The number of rotatable bonds is 5. The van der Waals surface area contributed by atoms with Crippen LogP contribution in [0.4, 0.5) is 0 Å². The smallest absolute Gasteiger partial charge is 0.222 e. The van der Waals surface area contributed by atoms with Crippen LogP contribution in [0.1, 0.15) is 44.2 Å². The Balaban J connectivity index is 1.83. The summed E-state index contributed by atoms with van der Waals surface area (Å²) in [5.74, 6) is 0.887. The molecule has 0 spiro atoms. The van der Waals surface area contributed by atoms with Crippen molar-refractivity contribution in [3.05, 3.63) is 35.4 Å². The van der Waals surface area contributed by atoms with Crippen molar-refractivity contribution in [3.63, 3.8) is 0 Å². The van der Waals surface area contributed by atoms with Crippen molar-refractivity contribution < 1.29 is 4.79 Å². The second-order valence-electron chi connectivity index (χ2n) is 6.75. The molecule has 4 nitrogen and oxygen atoms in total. The summed E-state index contributed by atoms with van der Waals surface area (Å²) < 4.78 is 0. The topological polar surface area (TPSA) is 47.3 Å². The molecule has 1 aliphatic rings. The molecular formula is C19H27N3O. The van der Waals surface area contributed by atoms with Crippen LogP contribution in [0.3, 0.4) is 0 Å². The van der Waals surface area contributed by atoms with Gasteiger partial charge in [0.2, 0.25) is 5.91 Å². The van der Waals surface area contributed by atoms with E-state index in [1.54, 1.807) is 0 Å². The Kier molecular flexibility index (Phi) is 6.61. The molecule has 0 bridgehead atoms. The first-order valence-electron chi connectivity index (χ1n) is 8.57. The highest BCUT2D eigenvalue weighted by Gasteiger charge is 2.19. The van der Waals surface area contributed by atoms with Crippen LogP contribution in [-0.4, -0.2) is 41.9 Å².